The lowest BCUT2D eigenvalue weighted by molar-refractivity contribution is 0.102. The highest BCUT2D eigenvalue weighted by Gasteiger charge is 2.26. The quantitative estimate of drug-likeness (QED) is 0.685. The lowest BCUT2D eigenvalue weighted by atomic mass is 10.0. The molecule has 2 aromatic rings. The van der Waals surface area contributed by atoms with Crippen LogP contribution in [0.5, 0.6) is 11.5 Å². The van der Waals surface area contributed by atoms with Crippen molar-refractivity contribution in [1.82, 2.24) is 0 Å². The zero-order valence-corrected chi connectivity index (χ0v) is 18.4. The van der Waals surface area contributed by atoms with Gasteiger partial charge in [0, 0.05) is 17.8 Å². The molecule has 1 heterocycles. The molecule has 0 aliphatic carbocycles. The topological polar surface area (TPSA) is 84.9 Å². The average molecular weight is 433 g/mol. The van der Waals surface area contributed by atoms with E-state index in [1.54, 1.807) is 37.3 Å². The van der Waals surface area contributed by atoms with Gasteiger partial charge in [-0.1, -0.05) is 0 Å². The van der Waals surface area contributed by atoms with Gasteiger partial charge < -0.3 is 14.8 Å². The molecule has 0 saturated carbocycles. The summed E-state index contributed by atoms with van der Waals surface area (Å²) in [4.78, 5) is 12.8. The highest BCUT2D eigenvalue weighted by Crippen LogP contribution is 2.32. The molecule has 1 aliphatic rings. The van der Waals surface area contributed by atoms with Crippen molar-refractivity contribution in [3.05, 3.63) is 47.5 Å². The van der Waals surface area contributed by atoms with Gasteiger partial charge in [-0.25, -0.2) is 8.42 Å². The fourth-order valence-corrected chi connectivity index (χ4v) is 4.68. The number of hydrogen-bond acceptors (Lipinski definition) is 5. The van der Waals surface area contributed by atoms with Crippen molar-refractivity contribution in [2.24, 2.45) is 0 Å². The van der Waals surface area contributed by atoms with E-state index in [0.717, 1.165) is 18.4 Å². The molecular weight excluding hydrogens is 404 g/mol. The van der Waals surface area contributed by atoms with Crippen LogP contribution < -0.4 is 19.1 Å². The number of aryl methyl sites for hydroxylation is 1. The molecule has 0 aromatic heterocycles. The number of anilines is 2. The van der Waals surface area contributed by atoms with Gasteiger partial charge in [0.2, 0.25) is 10.0 Å². The maximum Gasteiger partial charge on any atom is 0.255 e. The average Bonchev–Trinajstić information content (AvgIpc) is 2.74. The zero-order valence-electron chi connectivity index (χ0n) is 17.6. The number of nitrogens with one attached hydrogen (secondary N) is 1. The van der Waals surface area contributed by atoms with Crippen LogP contribution >= 0.6 is 0 Å². The zero-order chi connectivity index (χ0) is 21.7. The van der Waals surface area contributed by atoms with Gasteiger partial charge in [0.05, 0.1) is 24.7 Å². The first kappa shape index (κ1) is 22.0. The Morgan fingerprint density at radius 2 is 1.77 bits per heavy atom. The molecule has 0 spiro atoms. The summed E-state index contributed by atoms with van der Waals surface area (Å²) < 4.78 is 37.3. The Morgan fingerprint density at radius 3 is 2.47 bits per heavy atom. The highest BCUT2D eigenvalue weighted by atomic mass is 32.2. The van der Waals surface area contributed by atoms with Crippen molar-refractivity contribution < 1.29 is 22.7 Å². The van der Waals surface area contributed by atoms with Gasteiger partial charge in [0.15, 0.2) is 11.5 Å². The molecule has 1 amide bonds. The molecule has 2 aromatic carbocycles. The molecule has 1 aliphatic heterocycles. The van der Waals surface area contributed by atoms with Gasteiger partial charge in [0.1, 0.15) is 0 Å². The molecule has 0 bridgehead atoms. The number of carbonyl (C=O) groups is 1. The summed E-state index contributed by atoms with van der Waals surface area (Å²) in [5.41, 5.74) is 2.69. The van der Waals surface area contributed by atoms with E-state index in [4.69, 9.17) is 9.47 Å². The fourth-order valence-electron chi connectivity index (χ4n) is 3.48. The smallest absolute Gasteiger partial charge is 0.255 e. The Balaban J connectivity index is 1.82. The number of benzene rings is 2. The fraction of sp³-hybridized carbons (Fsp3) is 0.409. The molecule has 0 saturated heterocycles. The van der Waals surface area contributed by atoms with E-state index in [1.165, 1.54) is 4.31 Å². The third-order valence-corrected chi connectivity index (χ3v) is 6.70. The van der Waals surface area contributed by atoms with Gasteiger partial charge in [0.25, 0.3) is 5.91 Å². The standard InChI is InChI=1S/C22H28N2O5S/c1-4-28-20-12-9-17(15-21(20)29-5-2)22(25)23-18-10-11-19-16(14-18)8-7-13-24(19)30(26,27)6-3/h9-12,14-15H,4-8,13H2,1-3H3,(H,23,25). The molecule has 3 rings (SSSR count). The van der Waals surface area contributed by atoms with Crippen molar-refractivity contribution in [2.45, 2.75) is 33.6 Å². The van der Waals surface area contributed by atoms with Crippen LogP contribution in [0.15, 0.2) is 36.4 Å². The van der Waals surface area contributed by atoms with Gasteiger partial charge in [-0.05, 0) is 75.6 Å². The maximum atomic E-state index is 12.8. The van der Waals surface area contributed by atoms with E-state index in [0.29, 0.717) is 48.2 Å². The summed E-state index contributed by atoms with van der Waals surface area (Å²) in [7, 11) is -3.31. The van der Waals surface area contributed by atoms with E-state index in [2.05, 4.69) is 5.32 Å². The lowest BCUT2D eigenvalue weighted by Crippen LogP contribution is -2.36. The van der Waals surface area contributed by atoms with E-state index >= 15 is 0 Å². The van der Waals surface area contributed by atoms with Crippen molar-refractivity contribution in [2.75, 3.05) is 35.1 Å². The molecule has 0 fully saturated rings. The van der Waals surface area contributed by atoms with Gasteiger partial charge in [-0.2, -0.15) is 0 Å². The number of nitrogens with zero attached hydrogens (tertiary/aromatic N) is 1. The summed E-state index contributed by atoms with van der Waals surface area (Å²) in [6.07, 6.45) is 1.52. The van der Waals surface area contributed by atoms with Gasteiger partial charge >= 0.3 is 0 Å². The summed E-state index contributed by atoms with van der Waals surface area (Å²) in [5.74, 6) is 0.915. The molecule has 8 heteroatoms. The number of rotatable bonds is 8. The summed E-state index contributed by atoms with van der Waals surface area (Å²) in [5, 5.41) is 2.89. The molecular formula is C22H28N2O5S. The number of ether oxygens (including phenoxy) is 2. The van der Waals surface area contributed by atoms with Crippen LogP contribution in [0.2, 0.25) is 0 Å². The largest absolute Gasteiger partial charge is 0.490 e. The number of sulfonamides is 1. The van der Waals surface area contributed by atoms with E-state index in [-0.39, 0.29) is 11.7 Å². The number of fused-ring (bicyclic) bond motifs is 1. The minimum absolute atomic E-state index is 0.0603. The molecule has 1 N–H and O–H groups in total. The number of hydrogen-bond donors (Lipinski definition) is 1. The molecule has 0 unspecified atom stereocenters. The summed E-state index contributed by atoms with van der Waals surface area (Å²) in [6, 6.07) is 10.4. The second-order valence-electron chi connectivity index (χ2n) is 6.90. The van der Waals surface area contributed by atoms with Crippen molar-refractivity contribution in [1.29, 1.82) is 0 Å². The minimum Gasteiger partial charge on any atom is -0.490 e. The summed E-state index contributed by atoms with van der Waals surface area (Å²) >= 11 is 0. The third kappa shape index (κ3) is 4.70. The van der Waals surface area contributed by atoms with Crippen LogP contribution in [0.3, 0.4) is 0 Å². The predicted octanol–water partition coefficient (Wildman–Crippen LogP) is 3.84. The number of amides is 1. The van der Waals surface area contributed by atoms with E-state index in [1.807, 2.05) is 19.9 Å². The molecule has 30 heavy (non-hydrogen) atoms. The third-order valence-electron chi connectivity index (χ3n) is 4.92. The summed E-state index contributed by atoms with van der Waals surface area (Å²) in [6.45, 7) is 6.86. The second-order valence-corrected chi connectivity index (χ2v) is 9.08. The first-order valence-electron chi connectivity index (χ1n) is 10.2. The van der Waals surface area contributed by atoms with Crippen molar-refractivity contribution in [3.63, 3.8) is 0 Å². The second kappa shape index (κ2) is 9.38. The van der Waals surface area contributed by atoms with Crippen molar-refractivity contribution in [3.8, 4) is 11.5 Å². The van der Waals surface area contributed by atoms with E-state index in [9.17, 15) is 13.2 Å². The van der Waals surface area contributed by atoms with Crippen LogP contribution in [0.25, 0.3) is 0 Å². The Labute approximate surface area is 178 Å². The minimum atomic E-state index is -3.31. The first-order valence-corrected chi connectivity index (χ1v) is 11.8. The Hall–Kier alpha value is -2.74. The van der Waals surface area contributed by atoms with E-state index < -0.39 is 10.0 Å². The lowest BCUT2D eigenvalue weighted by Gasteiger charge is -2.30. The predicted molar refractivity (Wildman–Crippen MR) is 118 cm³/mol. The van der Waals surface area contributed by atoms with Crippen molar-refractivity contribution >= 4 is 27.3 Å². The normalized spacial score (nSPS) is 13.5. The molecule has 7 nitrogen and oxygen atoms in total. The number of carbonyl (C=O) groups excluding carboxylic acids is 1. The maximum absolute atomic E-state index is 12.8. The molecule has 0 radical (unpaired) electrons. The van der Waals surface area contributed by atoms with Gasteiger partial charge in [-0.3, -0.25) is 9.10 Å². The first-order chi connectivity index (χ1) is 14.4. The highest BCUT2D eigenvalue weighted by molar-refractivity contribution is 7.92. The van der Waals surface area contributed by atoms with Crippen LogP contribution in [-0.2, 0) is 16.4 Å². The Bertz CT molecular complexity index is 1020. The molecule has 162 valence electrons. The molecule has 0 atom stereocenters. The SMILES string of the molecule is CCOc1ccc(C(=O)Nc2ccc3c(c2)CCCN3S(=O)(=O)CC)cc1OCC. The Kier molecular flexibility index (Phi) is 6.87. The van der Waals surface area contributed by atoms with Crippen LogP contribution in [0.4, 0.5) is 11.4 Å². The van der Waals surface area contributed by atoms with Gasteiger partial charge in [-0.15, -0.1) is 0 Å². The Morgan fingerprint density at radius 1 is 1.03 bits per heavy atom. The monoisotopic (exact) mass is 432 g/mol. The van der Waals surface area contributed by atoms with Crippen LogP contribution in [0.1, 0.15) is 43.1 Å². The van der Waals surface area contributed by atoms with Crippen LogP contribution in [0, 0.1) is 0 Å². The van der Waals surface area contributed by atoms with Crippen LogP contribution in [-0.4, -0.2) is 39.8 Å².